The molecule has 0 saturated carbocycles. The number of para-hydroxylation sites is 2. The van der Waals surface area contributed by atoms with Crippen molar-refractivity contribution in [2.75, 3.05) is 16.8 Å². The predicted molar refractivity (Wildman–Crippen MR) is 98.2 cm³/mol. The van der Waals surface area contributed by atoms with Crippen LogP contribution >= 0.6 is 0 Å². The molecule has 2 aromatic carbocycles. The van der Waals surface area contributed by atoms with Crippen LogP contribution in [0.25, 0.3) is 0 Å². The van der Waals surface area contributed by atoms with E-state index in [0.717, 1.165) is 30.9 Å². The Morgan fingerprint density at radius 1 is 0.960 bits per heavy atom. The van der Waals surface area contributed by atoms with Crippen molar-refractivity contribution in [3.05, 3.63) is 78.2 Å². The summed E-state index contributed by atoms with van der Waals surface area (Å²) in [7, 11) is 0. The zero-order valence-electron chi connectivity index (χ0n) is 13.7. The van der Waals surface area contributed by atoms with Gasteiger partial charge in [0.15, 0.2) is 5.82 Å². The van der Waals surface area contributed by atoms with Gasteiger partial charge in [-0.05, 0) is 36.6 Å². The second-order valence-corrected chi connectivity index (χ2v) is 5.96. The van der Waals surface area contributed by atoms with Gasteiger partial charge in [-0.2, -0.15) is 0 Å². The molecule has 1 aliphatic heterocycles. The van der Waals surface area contributed by atoms with Crippen molar-refractivity contribution in [1.29, 1.82) is 0 Å². The molecule has 5 heteroatoms. The first-order valence-electron chi connectivity index (χ1n) is 8.35. The Labute approximate surface area is 146 Å². The average molecular weight is 330 g/mol. The molecule has 1 aromatic heterocycles. The van der Waals surface area contributed by atoms with Gasteiger partial charge < -0.3 is 10.2 Å². The van der Waals surface area contributed by atoms with Crippen LogP contribution in [-0.4, -0.2) is 22.4 Å². The number of benzene rings is 2. The fraction of sp³-hybridized carbons (Fsp3) is 0.150. The molecule has 1 amide bonds. The van der Waals surface area contributed by atoms with Crippen LogP contribution in [0.3, 0.4) is 0 Å². The molecular formula is C20H18N4O. The highest BCUT2D eigenvalue weighted by molar-refractivity contribution is 6.02. The molecule has 25 heavy (non-hydrogen) atoms. The summed E-state index contributed by atoms with van der Waals surface area (Å²) in [6, 6.07) is 17.7. The zero-order valence-corrected chi connectivity index (χ0v) is 13.7. The highest BCUT2D eigenvalue weighted by Gasteiger charge is 2.19. The van der Waals surface area contributed by atoms with E-state index in [4.69, 9.17) is 0 Å². The molecule has 1 N–H and O–H groups in total. The van der Waals surface area contributed by atoms with Crippen LogP contribution in [0, 0.1) is 0 Å². The van der Waals surface area contributed by atoms with Crippen LogP contribution in [-0.2, 0) is 6.42 Å². The third-order valence-corrected chi connectivity index (χ3v) is 4.29. The van der Waals surface area contributed by atoms with Gasteiger partial charge in [0.1, 0.15) is 5.69 Å². The van der Waals surface area contributed by atoms with Crippen LogP contribution in [0.2, 0.25) is 0 Å². The maximum absolute atomic E-state index is 12.3. The van der Waals surface area contributed by atoms with Gasteiger partial charge in [0.25, 0.3) is 5.91 Å². The minimum atomic E-state index is -0.260. The van der Waals surface area contributed by atoms with Gasteiger partial charge in [-0.1, -0.05) is 36.4 Å². The maximum Gasteiger partial charge on any atom is 0.275 e. The number of hydrogen-bond donors (Lipinski definition) is 1. The fourth-order valence-electron chi connectivity index (χ4n) is 3.07. The molecule has 0 fully saturated rings. The Bertz CT molecular complexity index is 878. The molecule has 0 spiro atoms. The lowest BCUT2D eigenvalue weighted by atomic mass is 10.0. The molecule has 0 bridgehead atoms. The predicted octanol–water partition coefficient (Wildman–Crippen LogP) is 3.81. The molecule has 0 aliphatic carbocycles. The van der Waals surface area contributed by atoms with Crippen molar-refractivity contribution in [2.24, 2.45) is 0 Å². The Morgan fingerprint density at radius 2 is 1.76 bits per heavy atom. The van der Waals surface area contributed by atoms with Crippen LogP contribution in [0.15, 0.2) is 67.0 Å². The number of carbonyl (C=O) groups is 1. The molecule has 124 valence electrons. The van der Waals surface area contributed by atoms with Crippen LogP contribution < -0.4 is 10.2 Å². The number of nitrogens with one attached hydrogen (secondary N) is 1. The molecule has 0 saturated heterocycles. The van der Waals surface area contributed by atoms with Crippen LogP contribution in [0.1, 0.15) is 22.5 Å². The molecule has 2 heterocycles. The van der Waals surface area contributed by atoms with Crippen LogP contribution in [0.5, 0.6) is 0 Å². The van der Waals surface area contributed by atoms with Gasteiger partial charge in [-0.15, -0.1) is 0 Å². The van der Waals surface area contributed by atoms with Crippen molar-refractivity contribution in [2.45, 2.75) is 12.8 Å². The van der Waals surface area contributed by atoms with Gasteiger partial charge in [0, 0.05) is 17.9 Å². The molecular weight excluding hydrogens is 312 g/mol. The van der Waals surface area contributed by atoms with Crippen molar-refractivity contribution in [3.63, 3.8) is 0 Å². The van der Waals surface area contributed by atoms with Crippen LogP contribution in [0.4, 0.5) is 17.2 Å². The zero-order chi connectivity index (χ0) is 17.1. The number of rotatable bonds is 3. The van der Waals surface area contributed by atoms with Crippen molar-refractivity contribution < 1.29 is 4.79 Å². The number of hydrogen-bond acceptors (Lipinski definition) is 4. The SMILES string of the molecule is O=C(Nc1ccccc1)c1cnc(N2CCCc3ccccc32)cn1. The number of aromatic nitrogens is 2. The Hall–Kier alpha value is -3.21. The number of amides is 1. The second kappa shape index (κ2) is 6.73. The van der Waals surface area contributed by atoms with E-state index in [1.54, 1.807) is 6.20 Å². The molecule has 0 radical (unpaired) electrons. The largest absolute Gasteiger partial charge is 0.325 e. The lowest BCUT2D eigenvalue weighted by Gasteiger charge is -2.30. The van der Waals surface area contributed by atoms with E-state index in [-0.39, 0.29) is 5.91 Å². The first kappa shape index (κ1) is 15.3. The summed E-state index contributed by atoms with van der Waals surface area (Å²) in [6.07, 6.45) is 5.36. The normalized spacial score (nSPS) is 13.2. The van der Waals surface area contributed by atoms with E-state index in [9.17, 15) is 4.79 Å². The van der Waals surface area contributed by atoms with Crippen molar-refractivity contribution in [3.8, 4) is 0 Å². The summed E-state index contributed by atoms with van der Waals surface area (Å²) < 4.78 is 0. The smallest absolute Gasteiger partial charge is 0.275 e. The Morgan fingerprint density at radius 3 is 2.56 bits per heavy atom. The third kappa shape index (κ3) is 3.21. The lowest BCUT2D eigenvalue weighted by Crippen LogP contribution is -2.25. The number of aryl methyl sites for hydroxylation is 1. The molecule has 0 unspecified atom stereocenters. The molecule has 3 aromatic rings. The number of nitrogens with zero attached hydrogens (tertiary/aromatic N) is 3. The van der Waals surface area contributed by atoms with E-state index in [0.29, 0.717) is 5.69 Å². The summed E-state index contributed by atoms with van der Waals surface area (Å²) in [6.45, 7) is 0.904. The average Bonchev–Trinajstić information content (AvgIpc) is 2.68. The standard InChI is InChI=1S/C20H18N4O/c25-20(23-16-9-2-1-3-10-16)17-13-22-19(14-21-17)24-12-6-8-15-7-4-5-11-18(15)24/h1-5,7,9-11,13-14H,6,8,12H2,(H,23,25). The number of carbonyl (C=O) groups excluding carboxylic acids is 1. The molecule has 4 rings (SSSR count). The highest BCUT2D eigenvalue weighted by atomic mass is 16.1. The monoisotopic (exact) mass is 330 g/mol. The van der Waals surface area contributed by atoms with E-state index in [1.807, 2.05) is 36.4 Å². The van der Waals surface area contributed by atoms with Crippen molar-refractivity contribution in [1.82, 2.24) is 9.97 Å². The number of fused-ring (bicyclic) bond motifs is 1. The fourth-order valence-corrected chi connectivity index (χ4v) is 3.07. The molecule has 0 atom stereocenters. The summed E-state index contributed by atoms with van der Waals surface area (Å²) in [4.78, 5) is 23.2. The summed E-state index contributed by atoms with van der Waals surface area (Å²) in [5, 5.41) is 2.82. The minimum Gasteiger partial charge on any atom is -0.325 e. The minimum absolute atomic E-state index is 0.260. The van der Waals surface area contributed by atoms with Gasteiger partial charge in [-0.25, -0.2) is 9.97 Å². The van der Waals surface area contributed by atoms with Gasteiger partial charge in [0.2, 0.25) is 0 Å². The van der Waals surface area contributed by atoms with E-state index < -0.39 is 0 Å². The first-order chi connectivity index (χ1) is 12.3. The summed E-state index contributed by atoms with van der Waals surface area (Å²) >= 11 is 0. The topological polar surface area (TPSA) is 58.1 Å². The quantitative estimate of drug-likeness (QED) is 0.793. The molecule has 1 aliphatic rings. The Balaban J connectivity index is 1.54. The first-order valence-corrected chi connectivity index (χ1v) is 8.35. The maximum atomic E-state index is 12.3. The molecule has 5 nitrogen and oxygen atoms in total. The number of anilines is 3. The van der Waals surface area contributed by atoms with E-state index >= 15 is 0 Å². The van der Waals surface area contributed by atoms with E-state index in [1.165, 1.54) is 17.4 Å². The van der Waals surface area contributed by atoms with Crippen molar-refractivity contribution >= 4 is 23.1 Å². The summed E-state index contributed by atoms with van der Waals surface area (Å²) in [5.74, 6) is 0.507. The van der Waals surface area contributed by atoms with Gasteiger partial charge in [0.05, 0.1) is 12.4 Å². The second-order valence-electron chi connectivity index (χ2n) is 5.96. The summed E-state index contributed by atoms with van der Waals surface area (Å²) in [5.41, 5.74) is 3.53. The van der Waals surface area contributed by atoms with Gasteiger partial charge in [-0.3, -0.25) is 4.79 Å². The lowest BCUT2D eigenvalue weighted by molar-refractivity contribution is 0.102. The third-order valence-electron chi connectivity index (χ3n) is 4.29. The Kier molecular flexibility index (Phi) is 4.12. The van der Waals surface area contributed by atoms with E-state index in [2.05, 4.69) is 38.4 Å². The van der Waals surface area contributed by atoms with Gasteiger partial charge >= 0.3 is 0 Å². The highest BCUT2D eigenvalue weighted by Crippen LogP contribution is 2.31.